The number of carbonyl (C=O) groups excluding carboxylic acids is 1. The first-order valence-corrected chi connectivity index (χ1v) is 11.4. The second-order valence-corrected chi connectivity index (χ2v) is 8.93. The first-order valence-electron chi connectivity index (χ1n) is 9.61. The third kappa shape index (κ3) is 3.42. The summed E-state index contributed by atoms with van der Waals surface area (Å²) in [6.07, 6.45) is 1.87. The first kappa shape index (κ1) is 19.0. The lowest BCUT2D eigenvalue weighted by atomic mass is 10.2. The molecule has 30 heavy (non-hydrogen) atoms. The van der Waals surface area contributed by atoms with Crippen LogP contribution in [0.15, 0.2) is 100 Å². The number of para-hydroxylation sites is 2. The van der Waals surface area contributed by atoms with Crippen molar-refractivity contribution in [2.24, 2.45) is 7.05 Å². The summed E-state index contributed by atoms with van der Waals surface area (Å²) in [7, 11) is 1.99. The molecular formula is C24H19N3OS2. The van der Waals surface area contributed by atoms with Crippen molar-refractivity contribution in [3.8, 4) is 11.3 Å². The van der Waals surface area contributed by atoms with E-state index in [0.29, 0.717) is 5.75 Å². The van der Waals surface area contributed by atoms with E-state index in [4.69, 9.17) is 0 Å². The van der Waals surface area contributed by atoms with Crippen LogP contribution < -0.4 is 4.90 Å². The Hall–Kier alpha value is -2.96. The maximum absolute atomic E-state index is 13.3. The van der Waals surface area contributed by atoms with E-state index in [-0.39, 0.29) is 5.91 Å². The van der Waals surface area contributed by atoms with Crippen molar-refractivity contribution < 1.29 is 4.79 Å². The molecule has 3 aromatic carbocycles. The zero-order valence-electron chi connectivity index (χ0n) is 16.4. The number of carbonyl (C=O) groups is 1. The highest BCUT2D eigenvalue weighted by Gasteiger charge is 2.28. The molecule has 1 amide bonds. The van der Waals surface area contributed by atoms with E-state index in [1.807, 2.05) is 77.3 Å². The number of nitrogens with zero attached hydrogens (tertiary/aromatic N) is 3. The number of aromatic nitrogens is 2. The molecule has 148 valence electrons. The van der Waals surface area contributed by atoms with Gasteiger partial charge < -0.3 is 4.57 Å². The zero-order chi connectivity index (χ0) is 20.5. The highest BCUT2D eigenvalue weighted by Crippen LogP contribution is 2.48. The highest BCUT2D eigenvalue weighted by molar-refractivity contribution is 8.00. The van der Waals surface area contributed by atoms with Crippen molar-refractivity contribution >= 4 is 40.8 Å². The number of hydrogen-bond donors (Lipinski definition) is 0. The van der Waals surface area contributed by atoms with E-state index in [1.165, 1.54) is 11.8 Å². The van der Waals surface area contributed by atoms with Gasteiger partial charge in [0.05, 0.1) is 29.0 Å². The van der Waals surface area contributed by atoms with Gasteiger partial charge in [-0.25, -0.2) is 4.98 Å². The molecule has 6 heteroatoms. The van der Waals surface area contributed by atoms with Crippen LogP contribution in [0.5, 0.6) is 0 Å². The molecule has 1 aliphatic heterocycles. The minimum absolute atomic E-state index is 0.0458. The number of benzene rings is 3. The fraction of sp³-hybridized carbons (Fsp3) is 0.0833. The van der Waals surface area contributed by atoms with Gasteiger partial charge in [-0.05, 0) is 29.8 Å². The van der Waals surface area contributed by atoms with Gasteiger partial charge in [0.25, 0.3) is 0 Å². The number of amides is 1. The summed E-state index contributed by atoms with van der Waals surface area (Å²) >= 11 is 3.17. The van der Waals surface area contributed by atoms with Crippen LogP contribution in [0.25, 0.3) is 11.3 Å². The van der Waals surface area contributed by atoms with Gasteiger partial charge in [-0.1, -0.05) is 78.1 Å². The molecule has 0 unspecified atom stereocenters. The van der Waals surface area contributed by atoms with E-state index in [0.717, 1.165) is 37.6 Å². The number of hydrogen-bond acceptors (Lipinski definition) is 4. The molecule has 0 saturated heterocycles. The predicted molar refractivity (Wildman–Crippen MR) is 124 cm³/mol. The summed E-state index contributed by atoms with van der Waals surface area (Å²) in [4.78, 5) is 21.9. The van der Waals surface area contributed by atoms with Crippen LogP contribution in [0, 0.1) is 0 Å². The molecule has 0 atom stereocenters. The van der Waals surface area contributed by atoms with Crippen molar-refractivity contribution in [2.45, 2.75) is 14.9 Å². The maximum atomic E-state index is 13.3. The van der Waals surface area contributed by atoms with Crippen LogP contribution in [0.1, 0.15) is 0 Å². The molecule has 5 rings (SSSR count). The van der Waals surface area contributed by atoms with Gasteiger partial charge in [0.1, 0.15) is 0 Å². The van der Waals surface area contributed by atoms with Gasteiger partial charge in [-0.2, -0.15) is 0 Å². The summed E-state index contributed by atoms with van der Waals surface area (Å²) in [6, 6.07) is 26.3. The topological polar surface area (TPSA) is 38.1 Å². The second-order valence-electron chi connectivity index (χ2n) is 6.91. The van der Waals surface area contributed by atoms with E-state index in [1.54, 1.807) is 11.8 Å². The number of thioether (sulfide) groups is 1. The Labute approximate surface area is 183 Å². The average Bonchev–Trinajstić information content (AvgIpc) is 3.16. The summed E-state index contributed by atoms with van der Waals surface area (Å²) in [5.41, 5.74) is 4.03. The molecule has 1 aromatic heterocycles. The minimum Gasteiger partial charge on any atom is -0.322 e. The van der Waals surface area contributed by atoms with E-state index in [9.17, 15) is 4.79 Å². The summed E-state index contributed by atoms with van der Waals surface area (Å²) in [5, 5.41) is 0.829. The molecule has 4 nitrogen and oxygen atoms in total. The zero-order valence-corrected chi connectivity index (χ0v) is 18.0. The molecule has 0 bridgehead atoms. The van der Waals surface area contributed by atoms with E-state index in [2.05, 4.69) is 29.2 Å². The molecular weight excluding hydrogens is 410 g/mol. The largest absolute Gasteiger partial charge is 0.322 e. The van der Waals surface area contributed by atoms with Crippen LogP contribution in [-0.2, 0) is 11.8 Å². The fourth-order valence-electron chi connectivity index (χ4n) is 3.57. The lowest BCUT2D eigenvalue weighted by Crippen LogP contribution is -2.30. The summed E-state index contributed by atoms with van der Waals surface area (Å²) in [5.74, 6) is 0.358. The van der Waals surface area contributed by atoms with Gasteiger partial charge in [0.2, 0.25) is 5.91 Å². The smallest absolute Gasteiger partial charge is 0.242 e. The Morgan fingerprint density at radius 3 is 2.17 bits per heavy atom. The Morgan fingerprint density at radius 1 is 0.900 bits per heavy atom. The lowest BCUT2D eigenvalue weighted by Gasteiger charge is -2.30. The fourth-order valence-corrected chi connectivity index (χ4v) is 5.43. The van der Waals surface area contributed by atoms with Crippen LogP contribution in [0.4, 0.5) is 11.4 Å². The molecule has 2 heterocycles. The third-order valence-corrected chi connectivity index (χ3v) is 7.18. The van der Waals surface area contributed by atoms with Crippen molar-refractivity contribution in [1.82, 2.24) is 9.55 Å². The summed E-state index contributed by atoms with van der Waals surface area (Å²) in [6.45, 7) is 0. The number of imidazole rings is 1. The van der Waals surface area contributed by atoms with E-state index >= 15 is 0 Å². The van der Waals surface area contributed by atoms with Crippen LogP contribution in [0.3, 0.4) is 0 Å². The third-order valence-electron chi connectivity index (χ3n) is 5.02. The predicted octanol–water partition coefficient (Wildman–Crippen LogP) is 6.01. The van der Waals surface area contributed by atoms with Gasteiger partial charge in [-0.3, -0.25) is 9.69 Å². The van der Waals surface area contributed by atoms with Gasteiger partial charge >= 0.3 is 0 Å². The van der Waals surface area contributed by atoms with Gasteiger partial charge in [-0.15, -0.1) is 0 Å². The van der Waals surface area contributed by atoms with Gasteiger partial charge in [0, 0.05) is 16.8 Å². The normalized spacial score (nSPS) is 12.4. The lowest BCUT2D eigenvalue weighted by molar-refractivity contribution is -0.115. The summed E-state index contributed by atoms with van der Waals surface area (Å²) < 4.78 is 2.04. The molecule has 0 N–H and O–H groups in total. The van der Waals surface area contributed by atoms with Crippen molar-refractivity contribution in [2.75, 3.05) is 10.7 Å². The quantitative estimate of drug-likeness (QED) is 0.373. The molecule has 0 fully saturated rings. The Balaban J connectivity index is 1.40. The molecule has 0 aliphatic carbocycles. The SMILES string of the molecule is Cn1c(-c2ccccc2)cnc1SCC(=O)N1c2ccccc2Sc2ccccc21. The number of rotatable bonds is 4. The average molecular weight is 430 g/mol. The maximum Gasteiger partial charge on any atom is 0.242 e. The molecule has 1 aliphatic rings. The molecule has 0 radical (unpaired) electrons. The van der Waals surface area contributed by atoms with E-state index < -0.39 is 0 Å². The Morgan fingerprint density at radius 2 is 1.50 bits per heavy atom. The van der Waals surface area contributed by atoms with Crippen molar-refractivity contribution in [3.05, 3.63) is 85.1 Å². The second kappa shape index (κ2) is 8.05. The molecule has 0 saturated carbocycles. The highest BCUT2D eigenvalue weighted by atomic mass is 32.2. The van der Waals surface area contributed by atoms with Crippen LogP contribution in [-0.4, -0.2) is 21.2 Å². The van der Waals surface area contributed by atoms with Gasteiger partial charge in [0.15, 0.2) is 5.16 Å². The number of fused-ring (bicyclic) bond motifs is 2. The number of anilines is 2. The Kier molecular flexibility index (Phi) is 5.11. The van der Waals surface area contributed by atoms with Crippen molar-refractivity contribution in [3.63, 3.8) is 0 Å². The Bertz CT molecular complexity index is 1170. The van der Waals surface area contributed by atoms with Crippen LogP contribution in [0.2, 0.25) is 0 Å². The molecule has 0 spiro atoms. The van der Waals surface area contributed by atoms with Crippen LogP contribution >= 0.6 is 23.5 Å². The standard InChI is InChI=1S/C24H19N3OS2/c1-26-20(17-9-3-2-4-10-17)15-25-24(26)29-16-23(28)27-18-11-5-7-13-21(18)30-22-14-8-6-12-19(22)27/h2-15H,16H2,1H3. The van der Waals surface area contributed by atoms with Crippen molar-refractivity contribution in [1.29, 1.82) is 0 Å². The minimum atomic E-state index is 0.0458. The monoisotopic (exact) mass is 429 g/mol. The first-order chi connectivity index (χ1) is 14.7. The molecule has 4 aromatic rings.